The van der Waals surface area contributed by atoms with Gasteiger partial charge in [-0.3, -0.25) is 0 Å². The monoisotopic (exact) mass is 254 g/mol. The third kappa shape index (κ3) is 3.07. The Kier molecular flexibility index (Phi) is 4.18. The molecule has 0 aromatic carbocycles. The topological polar surface area (TPSA) is 63.8 Å². The fourth-order valence-corrected chi connectivity index (χ4v) is 2.64. The molecule has 0 aliphatic heterocycles. The van der Waals surface area contributed by atoms with Crippen LogP contribution in [0.15, 0.2) is 12.5 Å². The van der Waals surface area contributed by atoms with E-state index in [1.807, 2.05) is 0 Å². The van der Waals surface area contributed by atoms with Gasteiger partial charge in [0, 0.05) is 6.54 Å². The minimum absolute atomic E-state index is 0.215. The lowest BCUT2D eigenvalue weighted by Crippen LogP contribution is -2.39. The highest BCUT2D eigenvalue weighted by Gasteiger charge is 2.30. The van der Waals surface area contributed by atoms with Gasteiger partial charge in [-0.05, 0) is 24.8 Å². The van der Waals surface area contributed by atoms with Crippen molar-refractivity contribution in [2.45, 2.75) is 32.1 Å². The van der Waals surface area contributed by atoms with Crippen molar-refractivity contribution in [3.05, 3.63) is 17.5 Å². The molecular weight excluding hydrogens is 236 g/mol. The Hall–Kier alpha value is -0.870. The summed E-state index contributed by atoms with van der Waals surface area (Å²) < 4.78 is 0. The summed E-state index contributed by atoms with van der Waals surface area (Å²) in [7, 11) is 0. The van der Waals surface area contributed by atoms with Crippen molar-refractivity contribution in [3.8, 4) is 0 Å². The minimum atomic E-state index is 0.215. The lowest BCUT2D eigenvalue weighted by atomic mass is 9.74. The molecule has 94 valence electrons. The Bertz CT molecular complexity index is 363. The summed E-state index contributed by atoms with van der Waals surface area (Å²) >= 11 is 6.01. The van der Waals surface area contributed by atoms with Crippen LogP contribution in [0.5, 0.6) is 0 Å². The number of rotatable bonds is 4. The van der Waals surface area contributed by atoms with Crippen LogP contribution in [0.4, 0.5) is 5.82 Å². The van der Waals surface area contributed by atoms with Crippen LogP contribution in [0.1, 0.15) is 32.1 Å². The second kappa shape index (κ2) is 5.65. The molecule has 1 fully saturated rings. The molecule has 0 saturated heterocycles. The van der Waals surface area contributed by atoms with Gasteiger partial charge in [0.05, 0.1) is 6.20 Å². The Morgan fingerprint density at radius 1 is 1.35 bits per heavy atom. The molecule has 3 N–H and O–H groups in total. The number of aromatic nitrogens is 2. The first kappa shape index (κ1) is 12.6. The van der Waals surface area contributed by atoms with Crippen molar-refractivity contribution in [2.24, 2.45) is 11.1 Å². The summed E-state index contributed by atoms with van der Waals surface area (Å²) in [5.74, 6) is 0.708. The Labute approximate surface area is 107 Å². The van der Waals surface area contributed by atoms with Gasteiger partial charge in [0.25, 0.3) is 0 Å². The van der Waals surface area contributed by atoms with E-state index in [1.54, 1.807) is 6.20 Å². The highest BCUT2D eigenvalue weighted by atomic mass is 35.5. The molecule has 5 heteroatoms. The predicted molar refractivity (Wildman–Crippen MR) is 70.1 cm³/mol. The Morgan fingerprint density at radius 3 is 2.76 bits per heavy atom. The third-order valence-corrected chi connectivity index (χ3v) is 3.92. The molecule has 1 aromatic rings. The first-order valence-electron chi connectivity index (χ1n) is 6.15. The van der Waals surface area contributed by atoms with Crippen LogP contribution in [0.3, 0.4) is 0 Å². The number of nitrogens with zero attached hydrogens (tertiary/aromatic N) is 2. The molecule has 1 aliphatic rings. The molecule has 2 rings (SSSR count). The number of nitrogens with two attached hydrogens (primary N) is 1. The second-order valence-corrected chi connectivity index (χ2v) is 5.24. The summed E-state index contributed by atoms with van der Waals surface area (Å²) in [6.07, 6.45) is 9.37. The second-order valence-electron chi connectivity index (χ2n) is 4.84. The first-order chi connectivity index (χ1) is 8.26. The maximum Gasteiger partial charge on any atom is 0.148 e. The standard InChI is InChI=1S/C12H19ClN4/c13-10-6-15-9-17-11(10)16-8-12(7-14)4-2-1-3-5-12/h6,9H,1-5,7-8,14H2,(H,15,16,17). The van der Waals surface area contributed by atoms with E-state index in [4.69, 9.17) is 17.3 Å². The van der Waals surface area contributed by atoms with Gasteiger partial charge >= 0.3 is 0 Å². The Morgan fingerprint density at radius 2 is 2.12 bits per heavy atom. The number of hydrogen-bond acceptors (Lipinski definition) is 4. The molecule has 1 saturated carbocycles. The zero-order valence-electron chi connectivity index (χ0n) is 9.95. The van der Waals surface area contributed by atoms with Gasteiger partial charge in [0.1, 0.15) is 17.2 Å². The van der Waals surface area contributed by atoms with E-state index < -0.39 is 0 Å². The van der Waals surface area contributed by atoms with Crippen molar-refractivity contribution in [1.29, 1.82) is 0 Å². The van der Waals surface area contributed by atoms with Crippen molar-refractivity contribution < 1.29 is 0 Å². The molecule has 0 unspecified atom stereocenters. The van der Waals surface area contributed by atoms with Gasteiger partial charge in [-0.2, -0.15) is 0 Å². The predicted octanol–water partition coefficient (Wildman–Crippen LogP) is 2.45. The largest absolute Gasteiger partial charge is 0.368 e. The molecule has 0 spiro atoms. The highest BCUT2D eigenvalue weighted by Crippen LogP contribution is 2.35. The lowest BCUT2D eigenvalue weighted by molar-refractivity contribution is 0.215. The number of nitrogens with one attached hydrogen (secondary N) is 1. The zero-order valence-corrected chi connectivity index (χ0v) is 10.7. The van der Waals surface area contributed by atoms with Crippen LogP contribution in [0.2, 0.25) is 5.02 Å². The molecule has 4 nitrogen and oxygen atoms in total. The number of halogens is 1. The maximum atomic E-state index is 6.01. The number of anilines is 1. The van der Waals surface area contributed by atoms with E-state index in [0.717, 1.165) is 13.1 Å². The number of hydrogen-bond donors (Lipinski definition) is 2. The van der Waals surface area contributed by atoms with Gasteiger partial charge in [0.15, 0.2) is 0 Å². The maximum absolute atomic E-state index is 6.01. The summed E-state index contributed by atoms with van der Waals surface area (Å²) in [6, 6.07) is 0. The minimum Gasteiger partial charge on any atom is -0.368 e. The summed E-state index contributed by atoms with van der Waals surface area (Å²) in [5, 5.41) is 3.88. The Balaban J connectivity index is 1.98. The SMILES string of the molecule is NCC1(CNc2ncncc2Cl)CCCCC1. The fourth-order valence-electron chi connectivity index (χ4n) is 2.47. The van der Waals surface area contributed by atoms with Crippen LogP contribution in [0.25, 0.3) is 0 Å². The summed E-state index contributed by atoms with van der Waals surface area (Å²) in [6.45, 7) is 1.57. The van der Waals surface area contributed by atoms with Gasteiger partial charge in [-0.15, -0.1) is 0 Å². The van der Waals surface area contributed by atoms with E-state index in [9.17, 15) is 0 Å². The highest BCUT2D eigenvalue weighted by molar-refractivity contribution is 6.32. The van der Waals surface area contributed by atoms with Gasteiger partial charge in [-0.1, -0.05) is 30.9 Å². The quantitative estimate of drug-likeness (QED) is 0.866. The van der Waals surface area contributed by atoms with Gasteiger partial charge in [0.2, 0.25) is 0 Å². The van der Waals surface area contributed by atoms with Gasteiger partial charge < -0.3 is 11.1 Å². The fraction of sp³-hybridized carbons (Fsp3) is 0.667. The normalized spacial score (nSPS) is 18.9. The third-order valence-electron chi connectivity index (χ3n) is 3.65. The van der Waals surface area contributed by atoms with Crippen molar-refractivity contribution in [2.75, 3.05) is 18.4 Å². The van der Waals surface area contributed by atoms with E-state index in [-0.39, 0.29) is 5.41 Å². The smallest absolute Gasteiger partial charge is 0.148 e. The molecule has 0 bridgehead atoms. The summed E-state index contributed by atoms with van der Waals surface area (Å²) in [5.41, 5.74) is 6.15. The zero-order chi connectivity index (χ0) is 12.1. The van der Waals surface area contributed by atoms with Crippen LogP contribution in [-0.2, 0) is 0 Å². The molecule has 1 aromatic heterocycles. The average molecular weight is 255 g/mol. The molecule has 0 radical (unpaired) electrons. The van der Waals surface area contributed by atoms with E-state index in [2.05, 4.69) is 15.3 Å². The first-order valence-corrected chi connectivity index (χ1v) is 6.53. The molecule has 0 amide bonds. The van der Waals surface area contributed by atoms with Crippen LogP contribution in [0, 0.1) is 5.41 Å². The molecule has 17 heavy (non-hydrogen) atoms. The molecule has 1 aliphatic carbocycles. The van der Waals surface area contributed by atoms with Crippen LogP contribution in [-0.4, -0.2) is 23.1 Å². The molecule has 1 heterocycles. The van der Waals surface area contributed by atoms with Crippen molar-refractivity contribution in [1.82, 2.24) is 9.97 Å². The molecular formula is C12H19ClN4. The van der Waals surface area contributed by atoms with E-state index in [0.29, 0.717) is 10.8 Å². The summed E-state index contributed by atoms with van der Waals surface area (Å²) in [4.78, 5) is 8.00. The van der Waals surface area contributed by atoms with Crippen molar-refractivity contribution >= 4 is 17.4 Å². The van der Waals surface area contributed by atoms with Crippen LogP contribution >= 0.6 is 11.6 Å². The lowest BCUT2D eigenvalue weighted by Gasteiger charge is -2.36. The van der Waals surface area contributed by atoms with E-state index in [1.165, 1.54) is 38.4 Å². The van der Waals surface area contributed by atoms with Gasteiger partial charge in [-0.25, -0.2) is 9.97 Å². The van der Waals surface area contributed by atoms with Crippen molar-refractivity contribution in [3.63, 3.8) is 0 Å². The van der Waals surface area contributed by atoms with E-state index >= 15 is 0 Å². The van der Waals surface area contributed by atoms with Crippen LogP contribution < -0.4 is 11.1 Å². The average Bonchev–Trinajstić information content (AvgIpc) is 2.39. The molecule has 0 atom stereocenters.